The third-order valence-electron chi connectivity index (χ3n) is 1.84. The van der Waals surface area contributed by atoms with Crippen molar-refractivity contribution < 1.29 is 4.74 Å². The van der Waals surface area contributed by atoms with Gasteiger partial charge in [-0.1, -0.05) is 36.9 Å². The smallest absolute Gasteiger partial charge is 0.0930 e. The largest absolute Gasteiger partial charge is 0.501 e. The molecule has 0 spiro atoms. The van der Waals surface area contributed by atoms with Crippen LogP contribution in [0.4, 0.5) is 0 Å². The molecule has 1 rings (SSSR count). The Hall–Kier alpha value is -1.50. The molecule has 0 radical (unpaired) electrons. The molecular weight excluding hydrogens is 160 g/mol. The Morgan fingerprint density at radius 2 is 1.92 bits per heavy atom. The summed E-state index contributed by atoms with van der Waals surface area (Å²) in [4.78, 5) is 0. The SMILES string of the molecule is C=C(/C=C(/C)OC)c1ccccc1. The van der Waals surface area contributed by atoms with Crippen molar-refractivity contribution in [2.45, 2.75) is 6.92 Å². The topological polar surface area (TPSA) is 9.23 Å². The Morgan fingerprint density at radius 3 is 2.46 bits per heavy atom. The molecule has 0 aliphatic rings. The van der Waals surface area contributed by atoms with E-state index in [4.69, 9.17) is 4.74 Å². The van der Waals surface area contributed by atoms with Crippen LogP contribution >= 0.6 is 0 Å². The van der Waals surface area contributed by atoms with Crippen LogP contribution in [0, 0.1) is 0 Å². The third-order valence-corrected chi connectivity index (χ3v) is 1.84. The minimum Gasteiger partial charge on any atom is -0.501 e. The molecule has 0 aliphatic heterocycles. The quantitative estimate of drug-likeness (QED) is 0.505. The van der Waals surface area contributed by atoms with Crippen molar-refractivity contribution in [1.29, 1.82) is 0 Å². The standard InChI is InChI=1S/C12H14O/c1-10(9-11(2)13-3)12-7-5-4-6-8-12/h4-9H,1H2,2-3H3/b11-9-. The highest BCUT2D eigenvalue weighted by Crippen LogP contribution is 2.14. The van der Waals surface area contributed by atoms with Crippen LogP contribution in [0.3, 0.4) is 0 Å². The Bertz CT molecular complexity index is 309. The molecule has 0 amide bonds. The summed E-state index contributed by atoms with van der Waals surface area (Å²) in [5.41, 5.74) is 2.10. The molecule has 0 unspecified atom stereocenters. The zero-order valence-electron chi connectivity index (χ0n) is 8.08. The number of rotatable bonds is 3. The average Bonchev–Trinajstić information content (AvgIpc) is 2.19. The second-order valence-corrected chi connectivity index (χ2v) is 2.85. The van der Waals surface area contributed by atoms with E-state index in [1.165, 1.54) is 0 Å². The molecule has 13 heavy (non-hydrogen) atoms. The normalized spacial score (nSPS) is 11.1. The minimum absolute atomic E-state index is 0.869. The van der Waals surface area contributed by atoms with Gasteiger partial charge in [0.15, 0.2) is 0 Å². The van der Waals surface area contributed by atoms with E-state index in [-0.39, 0.29) is 0 Å². The number of hydrogen-bond acceptors (Lipinski definition) is 1. The Morgan fingerprint density at radius 1 is 1.31 bits per heavy atom. The Kier molecular flexibility index (Phi) is 3.32. The summed E-state index contributed by atoms with van der Waals surface area (Å²) in [7, 11) is 1.66. The molecule has 0 saturated carbocycles. The predicted molar refractivity (Wildman–Crippen MR) is 56.2 cm³/mol. The van der Waals surface area contributed by atoms with E-state index in [1.54, 1.807) is 7.11 Å². The molecule has 1 aromatic carbocycles. The number of hydrogen-bond donors (Lipinski definition) is 0. The minimum atomic E-state index is 0.869. The fourth-order valence-electron chi connectivity index (χ4n) is 1.04. The third kappa shape index (κ3) is 2.79. The van der Waals surface area contributed by atoms with Gasteiger partial charge in [0.2, 0.25) is 0 Å². The van der Waals surface area contributed by atoms with Crippen molar-refractivity contribution in [3.63, 3.8) is 0 Å². The van der Waals surface area contributed by atoms with Crippen molar-refractivity contribution in [3.8, 4) is 0 Å². The maximum atomic E-state index is 5.04. The van der Waals surface area contributed by atoms with Gasteiger partial charge in [-0.3, -0.25) is 0 Å². The van der Waals surface area contributed by atoms with Crippen LogP contribution in [0.2, 0.25) is 0 Å². The molecule has 0 heterocycles. The van der Waals surface area contributed by atoms with E-state index < -0.39 is 0 Å². The van der Waals surface area contributed by atoms with Gasteiger partial charge in [-0.05, 0) is 24.1 Å². The zero-order chi connectivity index (χ0) is 9.68. The van der Waals surface area contributed by atoms with Crippen LogP contribution in [0.15, 0.2) is 48.7 Å². The first-order chi connectivity index (χ1) is 6.24. The summed E-state index contributed by atoms with van der Waals surface area (Å²) in [6.45, 7) is 5.87. The molecule has 0 atom stereocenters. The number of allylic oxidation sites excluding steroid dienone is 3. The van der Waals surface area contributed by atoms with Crippen molar-refractivity contribution in [2.24, 2.45) is 0 Å². The fraction of sp³-hybridized carbons (Fsp3) is 0.167. The van der Waals surface area contributed by atoms with Gasteiger partial charge < -0.3 is 4.74 Å². The monoisotopic (exact) mass is 174 g/mol. The average molecular weight is 174 g/mol. The molecule has 1 aromatic rings. The molecule has 68 valence electrons. The molecule has 0 N–H and O–H groups in total. The molecule has 1 nitrogen and oxygen atoms in total. The van der Waals surface area contributed by atoms with Gasteiger partial charge in [0.05, 0.1) is 12.9 Å². The Balaban J connectivity index is 2.81. The highest BCUT2D eigenvalue weighted by atomic mass is 16.5. The molecule has 0 fully saturated rings. The van der Waals surface area contributed by atoms with Crippen molar-refractivity contribution in [3.05, 3.63) is 54.3 Å². The second-order valence-electron chi connectivity index (χ2n) is 2.85. The van der Waals surface area contributed by atoms with E-state index >= 15 is 0 Å². The van der Waals surface area contributed by atoms with Crippen LogP contribution in [-0.4, -0.2) is 7.11 Å². The van der Waals surface area contributed by atoms with Gasteiger partial charge in [-0.15, -0.1) is 0 Å². The highest BCUT2D eigenvalue weighted by Gasteiger charge is 1.94. The lowest BCUT2D eigenvalue weighted by atomic mass is 10.1. The molecule has 0 bridgehead atoms. The van der Waals surface area contributed by atoms with Gasteiger partial charge in [-0.25, -0.2) is 0 Å². The lowest BCUT2D eigenvalue weighted by Gasteiger charge is -2.02. The van der Waals surface area contributed by atoms with Gasteiger partial charge in [-0.2, -0.15) is 0 Å². The summed E-state index contributed by atoms with van der Waals surface area (Å²) in [6.07, 6.45) is 1.93. The van der Waals surface area contributed by atoms with Crippen molar-refractivity contribution in [2.75, 3.05) is 7.11 Å². The molecule has 0 aliphatic carbocycles. The zero-order valence-corrected chi connectivity index (χ0v) is 8.08. The molecular formula is C12H14O. The van der Waals surface area contributed by atoms with Crippen LogP contribution in [0.1, 0.15) is 12.5 Å². The van der Waals surface area contributed by atoms with E-state index in [9.17, 15) is 0 Å². The molecule has 1 heteroatoms. The van der Waals surface area contributed by atoms with Crippen LogP contribution < -0.4 is 0 Å². The maximum absolute atomic E-state index is 5.04. The van der Waals surface area contributed by atoms with Crippen molar-refractivity contribution in [1.82, 2.24) is 0 Å². The van der Waals surface area contributed by atoms with Crippen LogP contribution in [0.25, 0.3) is 5.57 Å². The summed E-state index contributed by atoms with van der Waals surface area (Å²) in [5.74, 6) is 0.869. The summed E-state index contributed by atoms with van der Waals surface area (Å²) < 4.78 is 5.04. The van der Waals surface area contributed by atoms with E-state index in [0.29, 0.717) is 0 Å². The van der Waals surface area contributed by atoms with Crippen LogP contribution in [0.5, 0.6) is 0 Å². The highest BCUT2D eigenvalue weighted by molar-refractivity contribution is 5.72. The lowest BCUT2D eigenvalue weighted by Crippen LogP contribution is -1.82. The van der Waals surface area contributed by atoms with Gasteiger partial charge >= 0.3 is 0 Å². The van der Waals surface area contributed by atoms with Gasteiger partial charge in [0.1, 0.15) is 0 Å². The van der Waals surface area contributed by atoms with E-state index in [2.05, 4.69) is 6.58 Å². The van der Waals surface area contributed by atoms with E-state index in [1.807, 2.05) is 43.3 Å². The first-order valence-corrected chi connectivity index (χ1v) is 4.20. The summed E-state index contributed by atoms with van der Waals surface area (Å²) in [5, 5.41) is 0. The number of methoxy groups -OCH3 is 1. The van der Waals surface area contributed by atoms with Crippen LogP contribution in [-0.2, 0) is 4.74 Å². The first-order valence-electron chi connectivity index (χ1n) is 4.20. The second kappa shape index (κ2) is 4.51. The molecule has 0 saturated heterocycles. The predicted octanol–water partition coefficient (Wildman–Crippen LogP) is 3.25. The Labute approximate surface area is 79.4 Å². The number of ether oxygens (including phenoxy) is 1. The van der Waals surface area contributed by atoms with Crippen molar-refractivity contribution >= 4 is 5.57 Å². The number of benzene rings is 1. The molecule has 0 aromatic heterocycles. The van der Waals surface area contributed by atoms with E-state index in [0.717, 1.165) is 16.9 Å². The fourth-order valence-corrected chi connectivity index (χ4v) is 1.04. The summed E-state index contributed by atoms with van der Waals surface area (Å²) in [6, 6.07) is 10.0. The summed E-state index contributed by atoms with van der Waals surface area (Å²) >= 11 is 0. The first kappa shape index (κ1) is 9.59. The maximum Gasteiger partial charge on any atom is 0.0930 e. The van der Waals surface area contributed by atoms with Gasteiger partial charge in [0.25, 0.3) is 0 Å². The lowest BCUT2D eigenvalue weighted by molar-refractivity contribution is 0.294. The van der Waals surface area contributed by atoms with Gasteiger partial charge in [0, 0.05) is 0 Å².